The first kappa shape index (κ1) is 12.1. The van der Waals surface area contributed by atoms with Gasteiger partial charge in [0.1, 0.15) is 5.60 Å². The van der Waals surface area contributed by atoms with Crippen molar-refractivity contribution in [2.75, 3.05) is 27.3 Å². The molecule has 2 atom stereocenters. The first-order valence-electron chi connectivity index (χ1n) is 5.08. The molecule has 1 fully saturated rings. The zero-order valence-corrected chi connectivity index (χ0v) is 11.8. The van der Waals surface area contributed by atoms with E-state index >= 15 is 0 Å². The van der Waals surface area contributed by atoms with Gasteiger partial charge in [0.2, 0.25) is 0 Å². The normalized spacial score (nSPS) is 27.4. The lowest BCUT2D eigenvalue weighted by molar-refractivity contribution is -0.130. The topological polar surface area (TPSA) is 42.5 Å². The van der Waals surface area contributed by atoms with Crippen LogP contribution in [0, 0.1) is 0 Å². The molecule has 1 aliphatic heterocycles. The van der Waals surface area contributed by atoms with Crippen LogP contribution in [0.25, 0.3) is 0 Å². The van der Waals surface area contributed by atoms with E-state index in [1.54, 1.807) is 14.2 Å². The molecule has 0 aromatic rings. The van der Waals surface area contributed by atoms with E-state index in [-0.39, 0.29) is 17.0 Å². The largest absolute Gasteiger partial charge is 0.379 e. The summed E-state index contributed by atoms with van der Waals surface area (Å²) in [6.07, 6.45) is 0.0584. The molecule has 0 radical (unpaired) electrons. The van der Waals surface area contributed by atoms with Crippen LogP contribution in [0.2, 0.25) is 0 Å². The maximum atomic E-state index is 5.66. The van der Waals surface area contributed by atoms with E-state index in [9.17, 15) is 0 Å². The minimum atomic E-state index is -0.315. The molecule has 1 heterocycles. The van der Waals surface area contributed by atoms with Crippen molar-refractivity contribution >= 4 is 10.2 Å². The van der Waals surface area contributed by atoms with Crippen LogP contribution in [0.5, 0.6) is 0 Å². The van der Waals surface area contributed by atoms with E-state index in [2.05, 4.69) is 17.6 Å². The quantitative estimate of drug-likeness (QED) is 0.572. The van der Waals surface area contributed by atoms with Crippen molar-refractivity contribution in [2.24, 2.45) is 0 Å². The van der Waals surface area contributed by atoms with Crippen molar-refractivity contribution in [3.63, 3.8) is 0 Å². The Bertz CT molecular complexity index is 197. The molecule has 0 aromatic heterocycles. The summed E-state index contributed by atoms with van der Waals surface area (Å²) in [4.78, 5) is 0. The highest BCUT2D eigenvalue weighted by molar-refractivity contribution is 6.16. The fourth-order valence-electron chi connectivity index (χ4n) is 2.04. The van der Waals surface area contributed by atoms with Gasteiger partial charge in [0, 0.05) is 27.3 Å². The second-order valence-corrected chi connectivity index (χ2v) is 5.67. The van der Waals surface area contributed by atoms with Gasteiger partial charge in [-0.15, -0.1) is 0 Å². The molecule has 84 valence electrons. The third-order valence-corrected chi connectivity index (χ3v) is 5.33. The number of rotatable bonds is 4. The SMILES string of the molecule is COC(C)C(C)(OC)C1([SiH3])NCCN1. The average molecular weight is 218 g/mol. The zero-order chi connectivity index (χ0) is 10.8. The summed E-state index contributed by atoms with van der Waals surface area (Å²) in [7, 11) is 4.45. The number of nitrogens with one attached hydrogen (secondary N) is 2. The highest BCUT2D eigenvalue weighted by Gasteiger charge is 2.50. The van der Waals surface area contributed by atoms with Gasteiger partial charge in [0.25, 0.3) is 0 Å². The Balaban J connectivity index is 2.87. The minimum absolute atomic E-state index is 0.0584. The molecule has 14 heavy (non-hydrogen) atoms. The lowest BCUT2D eigenvalue weighted by Crippen LogP contribution is -2.70. The number of methoxy groups -OCH3 is 2. The molecule has 0 saturated carbocycles. The lowest BCUT2D eigenvalue weighted by Gasteiger charge is -2.46. The molecule has 0 spiro atoms. The van der Waals surface area contributed by atoms with Crippen molar-refractivity contribution in [1.29, 1.82) is 0 Å². The van der Waals surface area contributed by atoms with Crippen LogP contribution in [0.1, 0.15) is 13.8 Å². The smallest absolute Gasteiger partial charge is 0.118 e. The molecule has 0 amide bonds. The van der Waals surface area contributed by atoms with Gasteiger partial charge >= 0.3 is 0 Å². The van der Waals surface area contributed by atoms with Crippen LogP contribution in [-0.4, -0.2) is 54.5 Å². The van der Waals surface area contributed by atoms with E-state index < -0.39 is 0 Å². The van der Waals surface area contributed by atoms with Gasteiger partial charge in [-0.25, -0.2) is 0 Å². The molecule has 0 aromatic carbocycles. The summed E-state index contributed by atoms with van der Waals surface area (Å²) in [5.74, 6) is 0. The highest BCUT2D eigenvalue weighted by atomic mass is 28.1. The summed E-state index contributed by atoms with van der Waals surface area (Å²) < 4.78 is 11.1. The first-order chi connectivity index (χ1) is 6.50. The van der Waals surface area contributed by atoms with Gasteiger partial charge in [-0.1, -0.05) is 0 Å². The molecular weight excluding hydrogens is 196 g/mol. The molecule has 1 rings (SSSR count). The lowest BCUT2D eigenvalue weighted by atomic mass is 9.95. The van der Waals surface area contributed by atoms with Crippen molar-refractivity contribution in [3.05, 3.63) is 0 Å². The molecular formula is C9H22N2O2Si. The fraction of sp³-hybridized carbons (Fsp3) is 1.00. The molecule has 2 N–H and O–H groups in total. The Labute approximate surface area is 89.2 Å². The van der Waals surface area contributed by atoms with Crippen molar-refractivity contribution in [3.8, 4) is 0 Å². The summed E-state index contributed by atoms with van der Waals surface area (Å²) in [6.45, 7) is 6.14. The van der Waals surface area contributed by atoms with E-state index in [4.69, 9.17) is 9.47 Å². The van der Waals surface area contributed by atoms with Gasteiger partial charge in [0.05, 0.1) is 21.6 Å². The maximum Gasteiger partial charge on any atom is 0.118 e. The summed E-state index contributed by atoms with van der Waals surface area (Å²) >= 11 is 0. The standard InChI is InChI=1S/C9H22N2O2Si/c1-7(12-3)8(2,13-4)9(14)10-5-6-11-9/h7,10-11H,5-6H2,1-4,14H3. The second kappa shape index (κ2) is 4.28. The molecule has 0 bridgehead atoms. The highest BCUT2D eigenvalue weighted by Crippen LogP contribution is 2.28. The molecule has 0 aliphatic carbocycles. The Hall–Kier alpha value is 0.0569. The first-order valence-corrected chi connectivity index (χ1v) is 6.08. The third-order valence-electron chi connectivity index (χ3n) is 3.63. The average Bonchev–Trinajstić information content (AvgIpc) is 2.64. The molecule has 2 unspecified atom stereocenters. The monoisotopic (exact) mass is 218 g/mol. The van der Waals surface area contributed by atoms with Crippen molar-refractivity contribution in [1.82, 2.24) is 10.6 Å². The van der Waals surface area contributed by atoms with E-state index in [1.165, 1.54) is 0 Å². The summed E-state index contributed by atoms with van der Waals surface area (Å²) in [6, 6.07) is 0. The Kier molecular flexibility index (Phi) is 3.71. The van der Waals surface area contributed by atoms with Crippen LogP contribution in [0.4, 0.5) is 0 Å². The van der Waals surface area contributed by atoms with E-state index in [1.807, 2.05) is 6.92 Å². The van der Waals surface area contributed by atoms with Crippen LogP contribution < -0.4 is 10.6 Å². The Morgan fingerprint density at radius 3 is 2.21 bits per heavy atom. The van der Waals surface area contributed by atoms with Crippen LogP contribution in [-0.2, 0) is 9.47 Å². The third kappa shape index (κ3) is 1.75. The van der Waals surface area contributed by atoms with E-state index in [0.717, 1.165) is 23.3 Å². The fourth-order valence-corrected chi connectivity index (χ4v) is 3.15. The Morgan fingerprint density at radius 1 is 1.36 bits per heavy atom. The van der Waals surface area contributed by atoms with Gasteiger partial charge in [-0.2, -0.15) is 0 Å². The number of hydrogen-bond acceptors (Lipinski definition) is 4. The van der Waals surface area contributed by atoms with Gasteiger partial charge in [-0.3, -0.25) is 10.6 Å². The van der Waals surface area contributed by atoms with E-state index in [0.29, 0.717) is 0 Å². The second-order valence-electron chi connectivity index (χ2n) is 4.17. The van der Waals surface area contributed by atoms with Crippen molar-refractivity contribution in [2.45, 2.75) is 30.8 Å². The number of ether oxygens (including phenoxy) is 2. The Morgan fingerprint density at radius 2 is 1.86 bits per heavy atom. The van der Waals surface area contributed by atoms with Crippen LogP contribution in [0.3, 0.4) is 0 Å². The van der Waals surface area contributed by atoms with Gasteiger partial charge in [0.15, 0.2) is 0 Å². The molecule has 1 aliphatic rings. The zero-order valence-electron chi connectivity index (χ0n) is 9.81. The predicted molar refractivity (Wildman–Crippen MR) is 60.6 cm³/mol. The van der Waals surface area contributed by atoms with Crippen LogP contribution >= 0.6 is 0 Å². The summed E-state index contributed by atoms with van der Waals surface area (Å²) in [5.41, 5.74) is -0.315. The maximum absolute atomic E-state index is 5.66. The minimum Gasteiger partial charge on any atom is -0.379 e. The van der Waals surface area contributed by atoms with Crippen molar-refractivity contribution < 1.29 is 9.47 Å². The van der Waals surface area contributed by atoms with Crippen LogP contribution in [0.15, 0.2) is 0 Å². The molecule has 5 heteroatoms. The predicted octanol–water partition coefficient (Wildman–Crippen LogP) is -1.36. The molecule has 4 nitrogen and oxygen atoms in total. The molecule has 1 saturated heterocycles. The summed E-state index contributed by atoms with van der Waals surface area (Å²) in [5, 5.41) is 6.88. The number of hydrogen-bond donors (Lipinski definition) is 2. The van der Waals surface area contributed by atoms with Gasteiger partial charge in [-0.05, 0) is 13.8 Å². The van der Waals surface area contributed by atoms with Gasteiger partial charge < -0.3 is 9.47 Å².